The summed E-state index contributed by atoms with van der Waals surface area (Å²) in [5, 5.41) is 4.89. The molecule has 1 aromatic heterocycles. The third kappa shape index (κ3) is 5.83. The maximum atomic E-state index is 12.9. The highest BCUT2D eigenvalue weighted by molar-refractivity contribution is 6.21. The van der Waals surface area contributed by atoms with Gasteiger partial charge in [0, 0.05) is 31.5 Å². The average molecular weight is 750 g/mol. The van der Waals surface area contributed by atoms with Gasteiger partial charge >= 0.3 is 5.69 Å². The number of aliphatic imine (C=N–C) groups is 1. The van der Waals surface area contributed by atoms with E-state index in [0.717, 1.165) is 51.1 Å². The van der Waals surface area contributed by atoms with Crippen molar-refractivity contribution in [2.75, 3.05) is 0 Å². The lowest BCUT2D eigenvalue weighted by molar-refractivity contribution is 0.593. The van der Waals surface area contributed by atoms with Crippen LogP contribution in [0.2, 0.25) is 0 Å². The van der Waals surface area contributed by atoms with Gasteiger partial charge in [-0.2, -0.15) is 0 Å². The minimum Gasteiger partial charge on any atom is -0.295 e. The van der Waals surface area contributed by atoms with E-state index in [1.807, 2.05) is 26.2 Å². The van der Waals surface area contributed by atoms with Crippen LogP contribution in [0.3, 0.4) is 0 Å². The molecule has 0 saturated heterocycles. The first-order chi connectivity index (χ1) is 28.5. The lowest BCUT2D eigenvalue weighted by Gasteiger charge is -2.31. The Hall–Kier alpha value is -7.04. The van der Waals surface area contributed by atoms with Crippen molar-refractivity contribution >= 4 is 44.0 Å². The predicted octanol–water partition coefficient (Wildman–Crippen LogP) is 12.8. The number of rotatable bonds is 7. The van der Waals surface area contributed by atoms with E-state index in [0.29, 0.717) is 0 Å². The lowest BCUT2D eigenvalue weighted by Crippen LogP contribution is -2.25. The molecule has 0 aliphatic carbocycles. The lowest BCUT2D eigenvalue weighted by atomic mass is 9.76. The van der Waals surface area contributed by atoms with E-state index in [1.54, 1.807) is 9.13 Å². The van der Waals surface area contributed by atoms with Crippen LogP contribution in [-0.4, -0.2) is 14.8 Å². The molecule has 10 rings (SSSR count). The SMILES string of the molecule is CCC1C(c2ccccc2)=NC(c2ccccc2)=CC1c1cccc(-c2c3ccccc3c(-c3ccc(-c4cccc5c4n(C)c(=O)n5C)cc3)c3ccccc23)c1. The van der Waals surface area contributed by atoms with E-state index >= 15 is 0 Å². The molecule has 2 atom stereocenters. The zero-order chi connectivity index (χ0) is 39.3. The second kappa shape index (κ2) is 14.5. The zero-order valence-corrected chi connectivity index (χ0v) is 32.9. The molecule has 0 spiro atoms. The molecular weight excluding hydrogens is 707 g/mol. The fraction of sp³-hybridized carbons (Fsp3) is 0.111. The van der Waals surface area contributed by atoms with Crippen LogP contribution in [0.4, 0.5) is 0 Å². The van der Waals surface area contributed by atoms with Crippen molar-refractivity contribution in [3.8, 4) is 33.4 Å². The van der Waals surface area contributed by atoms with Crippen LogP contribution in [0.25, 0.3) is 71.7 Å². The maximum Gasteiger partial charge on any atom is 0.328 e. The molecule has 0 amide bonds. The monoisotopic (exact) mass is 749 g/mol. The van der Waals surface area contributed by atoms with Crippen molar-refractivity contribution in [2.24, 2.45) is 25.0 Å². The molecule has 9 aromatic rings. The second-order valence-electron chi connectivity index (χ2n) is 15.4. The summed E-state index contributed by atoms with van der Waals surface area (Å²) in [6.45, 7) is 2.29. The van der Waals surface area contributed by atoms with Crippen LogP contribution in [0.5, 0.6) is 0 Å². The van der Waals surface area contributed by atoms with Gasteiger partial charge in [-0.15, -0.1) is 0 Å². The van der Waals surface area contributed by atoms with Gasteiger partial charge in [-0.1, -0.05) is 177 Å². The van der Waals surface area contributed by atoms with E-state index in [-0.39, 0.29) is 17.5 Å². The Kier molecular flexibility index (Phi) is 8.83. The number of hydrogen-bond donors (Lipinski definition) is 0. The molecule has 0 bridgehead atoms. The Labute approximate surface area is 338 Å². The number of para-hydroxylation sites is 1. The Balaban J connectivity index is 1.12. The Morgan fingerprint density at radius 1 is 0.517 bits per heavy atom. The first kappa shape index (κ1) is 35.4. The van der Waals surface area contributed by atoms with Gasteiger partial charge in [-0.05, 0) is 84.6 Å². The van der Waals surface area contributed by atoms with Crippen molar-refractivity contribution in [3.05, 3.63) is 209 Å². The van der Waals surface area contributed by atoms with Crippen LogP contribution in [0.1, 0.15) is 36.0 Å². The highest BCUT2D eigenvalue weighted by Gasteiger charge is 2.31. The van der Waals surface area contributed by atoms with Gasteiger partial charge in [0.05, 0.1) is 22.4 Å². The van der Waals surface area contributed by atoms with Gasteiger partial charge in [0.15, 0.2) is 0 Å². The summed E-state index contributed by atoms with van der Waals surface area (Å²) in [5.41, 5.74) is 14.6. The number of allylic oxidation sites excluding steroid dienone is 1. The molecule has 8 aromatic carbocycles. The van der Waals surface area contributed by atoms with E-state index in [2.05, 4.69) is 177 Å². The molecule has 2 heterocycles. The van der Waals surface area contributed by atoms with Crippen molar-refractivity contribution in [3.63, 3.8) is 0 Å². The normalized spacial score (nSPS) is 15.5. The van der Waals surface area contributed by atoms with E-state index < -0.39 is 0 Å². The summed E-state index contributed by atoms with van der Waals surface area (Å²) in [4.78, 5) is 18.2. The van der Waals surface area contributed by atoms with Crippen molar-refractivity contribution < 1.29 is 0 Å². The minimum atomic E-state index is -0.0225. The summed E-state index contributed by atoms with van der Waals surface area (Å²) in [6.07, 6.45) is 3.37. The number of imidazole rings is 1. The number of nitrogens with zero attached hydrogens (tertiary/aromatic N) is 3. The quantitative estimate of drug-likeness (QED) is 0.150. The molecule has 0 radical (unpaired) electrons. The summed E-state index contributed by atoms with van der Waals surface area (Å²) in [6, 6.07) is 63.3. The van der Waals surface area contributed by atoms with Gasteiger partial charge in [-0.25, -0.2) is 4.79 Å². The fourth-order valence-electron chi connectivity index (χ4n) is 9.42. The van der Waals surface area contributed by atoms with Gasteiger partial charge in [0.25, 0.3) is 0 Å². The molecule has 4 heteroatoms. The Morgan fingerprint density at radius 3 is 1.67 bits per heavy atom. The van der Waals surface area contributed by atoms with Crippen molar-refractivity contribution in [2.45, 2.75) is 19.3 Å². The molecule has 58 heavy (non-hydrogen) atoms. The Morgan fingerprint density at radius 2 is 1.05 bits per heavy atom. The van der Waals surface area contributed by atoms with E-state index in [4.69, 9.17) is 4.99 Å². The van der Waals surface area contributed by atoms with Gasteiger partial charge in [0.1, 0.15) is 0 Å². The van der Waals surface area contributed by atoms with E-state index in [1.165, 1.54) is 49.4 Å². The number of fused-ring (bicyclic) bond motifs is 3. The second-order valence-corrected chi connectivity index (χ2v) is 15.4. The van der Waals surface area contributed by atoms with Gasteiger partial charge in [0.2, 0.25) is 0 Å². The molecule has 1 aliphatic heterocycles. The predicted molar refractivity (Wildman–Crippen MR) is 243 cm³/mol. The maximum absolute atomic E-state index is 12.9. The van der Waals surface area contributed by atoms with Crippen LogP contribution in [-0.2, 0) is 14.1 Å². The minimum absolute atomic E-state index is 0.0225. The third-order valence-corrected chi connectivity index (χ3v) is 12.2. The fourth-order valence-corrected chi connectivity index (χ4v) is 9.42. The highest BCUT2D eigenvalue weighted by Crippen LogP contribution is 2.46. The molecule has 2 unspecified atom stereocenters. The van der Waals surface area contributed by atoms with Gasteiger partial charge in [-0.3, -0.25) is 14.1 Å². The van der Waals surface area contributed by atoms with Crippen molar-refractivity contribution in [1.29, 1.82) is 0 Å². The van der Waals surface area contributed by atoms with Crippen LogP contribution in [0, 0.1) is 5.92 Å². The molecule has 280 valence electrons. The van der Waals surface area contributed by atoms with Crippen LogP contribution < -0.4 is 5.69 Å². The molecule has 0 fully saturated rings. The summed E-state index contributed by atoms with van der Waals surface area (Å²) >= 11 is 0. The third-order valence-electron chi connectivity index (χ3n) is 12.2. The summed E-state index contributed by atoms with van der Waals surface area (Å²) in [5.74, 6) is 0.370. The molecule has 4 nitrogen and oxygen atoms in total. The molecule has 0 saturated carbocycles. The van der Waals surface area contributed by atoms with Crippen LogP contribution >= 0.6 is 0 Å². The standard InChI is InChI=1S/C54H43N3O/c1-4-41-47(34-48(36-17-7-5-8-18-36)55-52(41)38-19-9-6-10-20-38)39-21-15-22-40(33-39)51-45-25-13-11-23-43(45)50(44-24-12-14-26-46(44)51)37-31-29-35(30-32-37)42-27-16-28-49-53(42)57(3)54(58)56(49)2/h5-34,41,47H,4H2,1-3H3. The largest absolute Gasteiger partial charge is 0.328 e. The topological polar surface area (TPSA) is 39.3 Å². The smallest absolute Gasteiger partial charge is 0.295 e. The van der Waals surface area contributed by atoms with E-state index in [9.17, 15) is 4.79 Å². The number of hydrogen-bond acceptors (Lipinski definition) is 2. The molecule has 1 aliphatic rings. The zero-order valence-electron chi connectivity index (χ0n) is 32.9. The number of aryl methyl sites for hydroxylation is 2. The van der Waals surface area contributed by atoms with Gasteiger partial charge < -0.3 is 0 Å². The molecular formula is C54H43N3O. The number of benzene rings is 8. The van der Waals surface area contributed by atoms with Crippen molar-refractivity contribution in [1.82, 2.24) is 9.13 Å². The average Bonchev–Trinajstić information content (AvgIpc) is 3.51. The first-order valence-corrected chi connectivity index (χ1v) is 20.2. The van der Waals surface area contributed by atoms with Crippen LogP contribution in [0.15, 0.2) is 192 Å². The Bertz CT molecular complexity index is 3070. The first-order valence-electron chi connectivity index (χ1n) is 20.2. The summed E-state index contributed by atoms with van der Waals surface area (Å²) < 4.78 is 3.47. The highest BCUT2D eigenvalue weighted by atomic mass is 16.1. The number of aromatic nitrogens is 2. The molecule has 0 N–H and O–H groups in total. The summed E-state index contributed by atoms with van der Waals surface area (Å²) in [7, 11) is 3.69.